The Kier molecular flexibility index (Phi) is 3.97. The normalized spacial score (nSPS) is 12.9. The van der Waals surface area contributed by atoms with E-state index in [1.807, 2.05) is 13.8 Å². The molecule has 17 heavy (non-hydrogen) atoms. The zero-order valence-corrected chi connectivity index (χ0v) is 11.3. The van der Waals surface area contributed by atoms with Crippen LogP contribution in [0.4, 0.5) is 0 Å². The van der Waals surface area contributed by atoms with Crippen LogP contribution < -0.4 is 5.32 Å². The minimum atomic E-state index is 0.428. The molecular weight excluding hydrogens is 232 g/mol. The molecule has 92 valence electrons. The van der Waals surface area contributed by atoms with Crippen LogP contribution in [0.1, 0.15) is 29.8 Å². The summed E-state index contributed by atoms with van der Waals surface area (Å²) in [6, 6.07) is 2.60. The summed E-state index contributed by atoms with van der Waals surface area (Å²) < 4.78 is 5.53. The van der Waals surface area contributed by atoms with E-state index in [2.05, 4.69) is 34.1 Å². The fourth-order valence-electron chi connectivity index (χ4n) is 1.71. The van der Waals surface area contributed by atoms with E-state index in [0.29, 0.717) is 12.6 Å². The summed E-state index contributed by atoms with van der Waals surface area (Å²) in [5, 5.41) is 7.73. The summed E-state index contributed by atoms with van der Waals surface area (Å²) >= 11 is 1.74. The van der Waals surface area contributed by atoms with Crippen molar-refractivity contribution in [2.24, 2.45) is 0 Å². The number of nitrogens with one attached hydrogen (secondary N) is 1. The van der Waals surface area contributed by atoms with Gasteiger partial charge in [-0.25, -0.2) is 4.98 Å². The number of thiophene rings is 1. The lowest BCUT2D eigenvalue weighted by Crippen LogP contribution is -2.27. The highest BCUT2D eigenvalue weighted by Crippen LogP contribution is 2.10. The second-order valence-corrected chi connectivity index (χ2v) is 5.15. The van der Waals surface area contributed by atoms with Crippen LogP contribution in [-0.4, -0.2) is 11.0 Å². The van der Waals surface area contributed by atoms with Crippen LogP contribution >= 0.6 is 11.3 Å². The molecule has 0 saturated carbocycles. The van der Waals surface area contributed by atoms with Crippen LogP contribution in [-0.2, 0) is 13.0 Å². The lowest BCUT2D eigenvalue weighted by molar-refractivity contribution is 0.427. The summed E-state index contributed by atoms with van der Waals surface area (Å²) in [5.41, 5.74) is 2.36. The second-order valence-electron chi connectivity index (χ2n) is 4.37. The molecule has 0 radical (unpaired) electrons. The standard InChI is InChI=1S/C13H18N2OS/c1-9(6-12-4-5-17-8-12)14-7-13-15-10(2)11(3)16-13/h4-5,8-9,14H,6-7H2,1-3H3. The van der Waals surface area contributed by atoms with Gasteiger partial charge in [0.15, 0.2) is 0 Å². The molecule has 0 amide bonds. The van der Waals surface area contributed by atoms with Crippen molar-refractivity contribution < 1.29 is 4.42 Å². The molecule has 2 heterocycles. The third-order valence-electron chi connectivity index (χ3n) is 2.80. The van der Waals surface area contributed by atoms with Crippen molar-refractivity contribution in [3.63, 3.8) is 0 Å². The molecule has 0 aromatic carbocycles. The highest BCUT2D eigenvalue weighted by Gasteiger charge is 2.08. The molecule has 3 nitrogen and oxygen atoms in total. The van der Waals surface area contributed by atoms with Crippen molar-refractivity contribution in [2.75, 3.05) is 0 Å². The average Bonchev–Trinajstić information content (AvgIpc) is 2.87. The van der Waals surface area contributed by atoms with E-state index in [4.69, 9.17) is 4.42 Å². The summed E-state index contributed by atoms with van der Waals surface area (Å²) in [6.45, 7) is 6.79. The maximum absolute atomic E-state index is 5.53. The topological polar surface area (TPSA) is 38.1 Å². The van der Waals surface area contributed by atoms with Crippen LogP contribution in [0.3, 0.4) is 0 Å². The lowest BCUT2D eigenvalue weighted by Gasteiger charge is -2.11. The zero-order chi connectivity index (χ0) is 12.3. The van der Waals surface area contributed by atoms with Crippen molar-refractivity contribution >= 4 is 11.3 Å². The third-order valence-corrected chi connectivity index (χ3v) is 3.53. The second kappa shape index (κ2) is 5.47. The van der Waals surface area contributed by atoms with E-state index in [-0.39, 0.29) is 0 Å². The van der Waals surface area contributed by atoms with Crippen molar-refractivity contribution in [3.8, 4) is 0 Å². The molecule has 0 fully saturated rings. The molecule has 2 aromatic heterocycles. The van der Waals surface area contributed by atoms with Crippen molar-refractivity contribution in [1.29, 1.82) is 0 Å². The fraction of sp³-hybridized carbons (Fsp3) is 0.462. The minimum absolute atomic E-state index is 0.428. The lowest BCUT2D eigenvalue weighted by atomic mass is 10.1. The van der Waals surface area contributed by atoms with Gasteiger partial charge < -0.3 is 9.73 Å². The average molecular weight is 250 g/mol. The monoisotopic (exact) mass is 250 g/mol. The number of rotatable bonds is 5. The molecule has 0 bridgehead atoms. The van der Waals surface area contributed by atoms with Gasteiger partial charge in [-0.2, -0.15) is 11.3 Å². The molecule has 0 aliphatic carbocycles. The van der Waals surface area contributed by atoms with Gasteiger partial charge in [-0.15, -0.1) is 0 Å². The van der Waals surface area contributed by atoms with E-state index >= 15 is 0 Å². The SMILES string of the molecule is Cc1nc(CNC(C)Cc2ccsc2)oc1C. The molecule has 2 rings (SSSR count). The first-order valence-electron chi connectivity index (χ1n) is 5.82. The van der Waals surface area contributed by atoms with Crippen LogP contribution in [0.5, 0.6) is 0 Å². The van der Waals surface area contributed by atoms with Gasteiger partial charge in [0.05, 0.1) is 12.2 Å². The van der Waals surface area contributed by atoms with Crippen LogP contribution in [0.2, 0.25) is 0 Å². The maximum Gasteiger partial charge on any atom is 0.208 e. The Morgan fingerprint density at radius 2 is 2.29 bits per heavy atom. The molecule has 1 N–H and O–H groups in total. The number of aromatic nitrogens is 1. The van der Waals surface area contributed by atoms with Crippen LogP contribution in [0.15, 0.2) is 21.2 Å². The maximum atomic E-state index is 5.53. The summed E-state index contributed by atoms with van der Waals surface area (Å²) in [4.78, 5) is 4.35. The van der Waals surface area contributed by atoms with Crippen LogP contribution in [0.25, 0.3) is 0 Å². The predicted molar refractivity (Wildman–Crippen MR) is 70.3 cm³/mol. The predicted octanol–water partition coefficient (Wildman–Crippen LogP) is 3.07. The smallest absolute Gasteiger partial charge is 0.208 e. The molecular formula is C13H18N2OS. The highest BCUT2D eigenvalue weighted by atomic mass is 32.1. The minimum Gasteiger partial charge on any atom is -0.444 e. The van der Waals surface area contributed by atoms with Gasteiger partial charge in [-0.05, 0) is 49.6 Å². The van der Waals surface area contributed by atoms with Gasteiger partial charge in [0, 0.05) is 6.04 Å². The van der Waals surface area contributed by atoms with E-state index < -0.39 is 0 Å². The molecule has 0 aliphatic rings. The summed E-state index contributed by atoms with van der Waals surface area (Å²) in [5.74, 6) is 1.68. The number of oxazole rings is 1. The largest absolute Gasteiger partial charge is 0.444 e. The molecule has 1 unspecified atom stereocenters. The molecule has 0 spiro atoms. The quantitative estimate of drug-likeness (QED) is 0.886. The highest BCUT2D eigenvalue weighted by molar-refractivity contribution is 7.07. The molecule has 0 saturated heterocycles. The van der Waals surface area contributed by atoms with E-state index in [9.17, 15) is 0 Å². The summed E-state index contributed by atoms with van der Waals surface area (Å²) in [6.07, 6.45) is 1.04. The summed E-state index contributed by atoms with van der Waals surface area (Å²) in [7, 11) is 0. The molecule has 1 atom stereocenters. The van der Waals surface area contributed by atoms with E-state index in [1.165, 1.54) is 5.56 Å². The van der Waals surface area contributed by atoms with Gasteiger partial charge in [-0.3, -0.25) is 0 Å². The van der Waals surface area contributed by atoms with Crippen molar-refractivity contribution in [2.45, 2.75) is 39.8 Å². The molecule has 0 aliphatic heterocycles. The van der Waals surface area contributed by atoms with Gasteiger partial charge in [-0.1, -0.05) is 0 Å². The van der Waals surface area contributed by atoms with Gasteiger partial charge in [0.25, 0.3) is 0 Å². The Balaban J connectivity index is 1.81. The van der Waals surface area contributed by atoms with E-state index in [0.717, 1.165) is 23.8 Å². The Morgan fingerprint density at radius 3 is 2.88 bits per heavy atom. The van der Waals surface area contributed by atoms with Gasteiger partial charge in [0.1, 0.15) is 5.76 Å². The Bertz CT molecular complexity index is 442. The third kappa shape index (κ3) is 3.41. The number of nitrogens with zero attached hydrogens (tertiary/aromatic N) is 1. The number of hydrogen-bond acceptors (Lipinski definition) is 4. The molecule has 4 heteroatoms. The molecule has 2 aromatic rings. The van der Waals surface area contributed by atoms with Crippen molar-refractivity contribution in [3.05, 3.63) is 39.7 Å². The zero-order valence-electron chi connectivity index (χ0n) is 10.5. The first kappa shape index (κ1) is 12.3. The van der Waals surface area contributed by atoms with Crippen LogP contribution in [0, 0.1) is 13.8 Å². The fourth-order valence-corrected chi connectivity index (χ4v) is 2.39. The number of hydrogen-bond donors (Lipinski definition) is 1. The Labute approximate surface area is 106 Å². The Hall–Kier alpha value is -1.13. The van der Waals surface area contributed by atoms with E-state index in [1.54, 1.807) is 11.3 Å². The van der Waals surface area contributed by atoms with Gasteiger partial charge >= 0.3 is 0 Å². The first-order chi connectivity index (χ1) is 8.15. The van der Waals surface area contributed by atoms with Gasteiger partial charge in [0.2, 0.25) is 5.89 Å². The Morgan fingerprint density at radius 1 is 1.47 bits per heavy atom. The number of aryl methyl sites for hydroxylation is 2. The van der Waals surface area contributed by atoms with Crippen molar-refractivity contribution in [1.82, 2.24) is 10.3 Å². The first-order valence-corrected chi connectivity index (χ1v) is 6.77.